The predicted octanol–water partition coefficient (Wildman–Crippen LogP) is 5.24. The molecule has 1 amide bonds. The van der Waals surface area contributed by atoms with E-state index in [4.69, 9.17) is 4.74 Å². The van der Waals surface area contributed by atoms with Gasteiger partial charge in [-0.1, -0.05) is 55.5 Å². The summed E-state index contributed by atoms with van der Waals surface area (Å²) in [5.74, 6) is 0.590. The van der Waals surface area contributed by atoms with Crippen LogP contribution in [0.5, 0.6) is 5.75 Å². The third-order valence-electron chi connectivity index (χ3n) is 7.13. The molecule has 0 spiro atoms. The summed E-state index contributed by atoms with van der Waals surface area (Å²) in [4.78, 5) is 15.3. The summed E-state index contributed by atoms with van der Waals surface area (Å²) < 4.78 is 34.6. The Balaban J connectivity index is 1.55. The largest absolute Gasteiger partial charge is 0.495 e. The van der Waals surface area contributed by atoms with Gasteiger partial charge < -0.3 is 9.64 Å². The molecule has 1 fully saturated rings. The first kappa shape index (κ1) is 26.7. The van der Waals surface area contributed by atoms with Gasteiger partial charge in [0, 0.05) is 13.1 Å². The highest BCUT2D eigenvalue weighted by Crippen LogP contribution is 2.31. The van der Waals surface area contributed by atoms with E-state index in [1.54, 1.807) is 29.2 Å². The van der Waals surface area contributed by atoms with Crippen molar-refractivity contribution >= 4 is 21.6 Å². The van der Waals surface area contributed by atoms with Gasteiger partial charge in [0.1, 0.15) is 17.2 Å². The highest BCUT2D eigenvalue weighted by Gasteiger charge is 2.32. The number of carbonyl (C=O) groups is 1. The van der Waals surface area contributed by atoms with Gasteiger partial charge in [-0.3, -0.25) is 9.10 Å². The molecule has 3 aromatic rings. The summed E-state index contributed by atoms with van der Waals surface area (Å²) in [6, 6.07) is 22.8. The lowest BCUT2D eigenvalue weighted by Gasteiger charge is -2.34. The summed E-state index contributed by atoms with van der Waals surface area (Å²) in [5.41, 5.74) is 3.67. The van der Waals surface area contributed by atoms with Crippen molar-refractivity contribution in [1.82, 2.24) is 4.90 Å². The highest BCUT2D eigenvalue weighted by molar-refractivity contribution is 7.93. The number of rotatable bonds is 9. The lowest BCUT2D eigenvalue weighted by molar-refractivity contribution is -0.130. The Bertz CT molecular complexity index is 1300. The van der Waals surface area contributed by atoms with Gasteiger partial charge in [-0.05, 0) is 79.5 Å². The molecule has 0 radical (unpaired) electrons. The molecule has 37 heavy (non-hydrogen) atoms. The highest BCUT2D eigenvalue weighted by atomic mass is 32.2. The van der Waals surface area contributed by atoms with E-state index >= 15 is 0 Å². The minimum atomic E-state index is -4.06. The maximum absolute atomic E-state index is 14.0. The number of hydrogen-bond acceptors (Lipinski definition) is 4. The molecule has 6 nitrogen and oxygen atoms in total. The van der Waals surface area contributed by atoms with Gasteiger partial charge in [0.15, 0.2) is 0 Å². The van der Waals surface area contributed by atoms with Crippen LogP contribution < -0.4 is 9.04 Å². The number of piperidine rings is 1. The molecule has 0 atom stereocenters. The summed E-state index contributed by atoms with van der Waals surface area (Å²) in [7, 11) is -2.61. The zero-order valence-corrected chi connectivity index (χ0v) is 22.7. The van der Waals surface area contributed by atoms with E-state index < -0.39 is 10.0 Å². The second-order valence-electron chi connectivity index (χ2n) is 9.70. The number of hydrogen-bond donors (Lipinski definition) is 0. The average Bonchev–Trinajstić information content (AvgIpc) is 2.92. The molecule has 196 valence electrons. The van der Waals surface area contributed by atoms with Gasteiger partial charge >= 0.3 is 0 Å². The maximum atomic E-state index is 14.0. The van der Waals surface area contributed by atoms with Crippen molar-refractivity contribution in [2.45, 2.75) is 44.4 Å². The van der Waals surface area contributed by atoms with Crippen LogP contribution in [0.1, 0.15) is 36.5 Å². The summed E-state index contributed by atoms with van der Waals surface area (Å²) >= 11 is 0. The van der Waals surface area contributed by atoms with Crippen LogP contribution in [-0.2, 0) is 27.7 Å². The predicted molar refractivity (Wildman–Crippen MR) is 148 cm³/mol. The SMILES string of the molecule is CCc1ccc(N(CC(=O)N2CCC(Cc3ccccc3)CC2)S(=O)(=O)c2cc(C)ccc2OC)cc1. The molecule has 0 aliphatic carbocycles. The lowest BCUT2D eigenvalue weighted by atomic mass is 9.90. The minimum absolute atomic E-state index is 0.0592. The Morgan fingerprint density at radius 1 is 0.973 bits per heavy atom. The normalized spacial score (nSPS) is 14.4. The average molecular weight is 521 g/mol. The van der Waals surface area contributed by atoms with E-state index in [1.165, 1.54) is 17.0 Å². The van der Waals surface area contributed by atoms with Gasteiger partial charge in [0.05, 0.1) is 12.8 Å². The molecule has 1 aliphatic heterocycles. The summed E-state index contributed by atoms with van der Waals surface area (Å²) in [6.07, 6.45) is 3.66. The Kier molecular flexibility index (Phi) is 8.54. The topological polar surface area (TPSA) is 66.9 Å². The molecule has 4 rings (SSSR count). The van der Waals surface area contributed by atoms with Crippen LogP contribution in [0.4, 0.5) is 5.69 Å². The smallest absolute Gasteiger partial charge is 0.268 e. The molecule has 3 aromatic carbocycles. The summed E-state index contributed by atoms with van der Waals surface area (Å²) in [6.45, 7) is 4.89. The first-order valence-electron chi connectivity index (χ1n) is 12.9. The van der Waals surface area contributed by atoms with Crippen LogP contribution in [0.3, 0.4) is 0 Å². The fourth-order valence-electron chi connectivity index (χ4n) is 4.87. The lowest BCUT2D eigenvalue weighted by Crippen LogP contribution is -2.46. The Morgan fingerprint density at radius 2 is 1.65 bits per heavy atom. The minimum Gasteiger partial charge on any atom is -0.495 e. The van der Waals surface area contributed by atoms with E-state index in [2.05, 4.69) is 24.3 Å². The van der Waals surface area contributed by atoms with Crippen molar-refractivity contribution in [2.75, 3.05) is 31.0 Å². The first-order valence-corrected chi connectivity index (χ1v) is 14.3. The van der Waals surface area contributed by atoms with Crippen LogP contribution in [0, 0.1) is 12.8 Å². The second-order valence-corrected chi connectivity index (χ2v) is 11.5. The molecule has 1 heterocycles. The number of benzene rings is 3. The van der Waals surface area contributed by atoms with Gasteiger partial charge in [-0.2, -0.15) is 0 Å². The van der Waals surface area contributed by atoms with Gasteiger partial charge in [0.2, 0.25) is 5.91 Å². The number of aryl methyl sites for hydroxylation is 2. The van der Waals surface area contributed by atoms with Crippen LogP contribution in [0.15, 0.2) is 77.7 Å². The number of ether oxygens (including phenoxy) is 1. The number of methoxy groups -OCH3 is 1. The molecule has 1 aliphatic rings. The monoisotopic (exact) mass is 520 g/mol. The van der Waals surface area contributed by atoms with Crippen molar-refractivity contribution in [2.24, 2.45) is 5.92 Å². The van der Waals surface area contributed by atoms with Crippen molar-refractivity contribution in [3.8, 4) is 5.75 Å². The van der Waals surface area contributed by atoms with E-state index in [0.717, 1.165) is 36.8 Å². The molecule has 7 heteroatoms. The summed E-state index contributed by atoms with van der Waals surface area (Å²) in [5, 5.41) is 0. The van der Waals surface area contributed by atoms with E-state index in [1.807, 2.05) is 38.1 Å². The zero-order chi connectivity index (χ0) is 26.4. The van der Waals surface area contributed by atoms with E-state index in [-0.39, 0.29) is 23.1 Å². The third kappa shape index (κ3) is 6.34. The van der Waals surface area contributed by atoms with Gasteiger partial charge in [-0.15, -0.1) is 0 Å². The van der Waals surface area contributed by atoms with E-state index in [0.29, 0.717) is 24.7 Å². The Hall–Kier alpha value is -3.32. The fraction of sp³-hybridized carbons (Fsp3) is 0.367. The molecule has 0 aromatic heterocycles. The quantitative estimate of drug-likeness (QED) is 0.387. The number of anilines is 1. The number of sulfonamides is 1. The second kappa shape index (κ2) is 11.8. The Morgan fingerprint density at radius 3 is 2.27 bits per heavy atom. The van der Waals surface area contributed by atoms with Crippen molar-refractivity contribution in [3.63, 3.8) is 0 Å². The van der Waals surface area contributed by atoms with Gasteiger partial charge in [-0.25, -0.2) is 8.42 Å². The standard InChI is InChI=1S/C30H36N2O4S/c1-4-24-11-13-27(14-12-24)32(37(34,35)29-20-23(2)10-15-28(29)36-3)22-30(33)31-18-16-26(17-19-31)21-25-8-6-5-7-9-25/h5-15,20,26H,4,16-19,21-22H2,1-3H3. The van der Waals surface area contributed by atoms with Crippen LogP contribution in [-0.4, -0.2) is 46.0 Å². The van der Waals surface area contributed by atoms with Crippen molar-refractivity contribution in [1.29, 1.82) is 0 Å². The van der Waals surface area contributed by atoms with Gasteiger partial charge in [0.25, 0.3) is 10.0 Å². The number of amides is 1. The maximum Gasteiger partial charge on any atom is 0.268 e. The van der Waals surface area contributed by atoms with Crippen LogP contribution >= 0.6 is 0 Å². The molecule has 0 bridgehead atoms. The number of likely N-dealkylation sites (tertiary alicyclic amines) is 1. The molecular weight excluding hydrogens is 484 g/mol. The number of carbonyl (C=O) groups excluding carboxylic acids is 1. The molecule has 0 N–H and O–H groups in total. The fourth-order valence-corrected chi connectivity index (χ4v) is 6.53. The van der Waals surface area contributed by atoms with Crippen molar-refractivity contribution in [3.05, 3.63) is 89.5 Å². The van der Waals surface area contributed by atoms with E-state index in [9.17, 15) is 13.2 Å². The first-order chi connectivity index (χ1) is 17.8. The third-order valence-corrected chi connectivity index (χ3v) is 8.93. The Labute approximate surface area is 220 Å². The zero-order valence-electron chi connectivity index (χ0n) is 21.9. The van der Waals surface area contributed by atoms with Crippen LogP contribution in [0.2, 0.25) is 0 Å². The molecular formula is C30H36N2O4S. The molecule has 1 saturated heterocycles. The number of nitrogens with zero attached hydrogens (tertiary/aromatic N) is 2. The van der Waals surface area contributed by atoms with Crippen LogP contribution in [0.25, 0.3) is 0 Å². The molecule has 0 saturated carbocycles. The molecule has 0 unspecified atom stereocenters. The van der Waals surface area contributed by atoms with Crippen molar-refractivity contribution < 1.29 is 17.9 Å².